The summed E-state index contributed by atoms with van der Waals surface area (Å²) in [6.45, 7) is 4.58. The Labute approximate surface area is 197 Å². The highest BCUT2D eigenvalue weighted by atomic mass is 35.5. The average Bonchev–Trinajstić information content (AvgIpc) is 2.70. The zero-order valence-electron chi connectivity index (χ0n) is 18.3. The highest BCUT2D eigenvalue weighted by molar-refractivity contribution is 7.89. The van der Waals surface area contributed by atoms with E-state index in [1.165, 1.54) is 0 Å². The van der Waals surface area contributed by atoms with E-state index in [2.05, 4.69) is 5.32 Å². The molecule has 0 unspecified atom stereocenters. The number of nitrogens with one attached hydrogen (secondary N) is 1. The Bertz CT molecular complexity index is 1270. The first-order valence-electron chi connectivity index (χ1n) is 10.0. The third-order valence-electron chi connectivity index (χ3n) is 5.00. The fourth-order valence-corrected chi connectivity index (χ4v) is 5.58. The van der Waals surface area contributed by atoms with E-state index in [1.54, 1.807) is 50.2 Å². The van der Waals surface area contributed by atoms with Gasteiger partial charge in [-0.3, -0.25) is 4.79 Å². The molecule has 0 aliphatic heterocycles. The van der Waals surface area contributed by atoms with Crippen molar-refractivity contribution in [3.05, 3.63) is 93.5 Å². The number of rotatable bonds is 7. The van der Waals surface area contributed by atoms with Crippen LogP contribution in [0, 0.1) is 32.4 Å². The Balaban J connectivity index is 1.97. The van der Waals surface area contributed by atoms with Gasteiger partial charge in [0.2, 0.25) is 15.9 Å². The zero-order chi connectivity index (χ0) is 24.3. The number of carbonyl (C=O) groups is 1. The van der Waals surface area contributed by atoms with Crippen LogP contribution in [0.25, 0.3) is 0 Å². The normalized spacial score (nSPS) is 11.6. The number of nitrogens with zero attached hydrogens (tertiary/aromatic N) is 1. The number of hydrogen-bond donors (Lipinski definition) is 1. The lowest BCUT2D eigenvalue weighted by Crippen LogP contribution is -2.38. The minimum Gasteiger partial charge on any atom is -0.322 e. The Morgan fingerprint density at radius 3 is 2.15 bits per heavy atom. The van der Waals surface area contributed by atoms with Gasteiger partial charge in [0.1, 0.15) is 11.6 Å². The maximum Gasteiger partial charge on any atom is 0.244 e. The van der Waals surface area contributed by atoms with Crippen molar-refractivity contribution < 1.29 is 22.0 Å². The van der Waals surface area contributed by atoms with Gasteiger partial charge >= 0.3 is 0 Å². The summed E-state index contributed by atoms with van der Waals surface area (Å²) in [7, 11) is -4.11. The van der Waals surface area contributed by atoms with Crippen LogP contribution >= 0.6 is 11.6 Å². The minimum absolute atomic E-state index is 0.106. The van der Waals surface area contributed by atoms with Crippen molar-refractivity contribution in [3.63, 3.8) is 0 Å². The molecule has 0 atom stereocenters. The van der Waals surface area contributed by atoms with Crippen molar-refractivity contribution in [2.24, 2.45) is 0 Å². The summed E-state index contributed by atoms with van der Waals surface area (Å²) in [5, 5.41) is 2.81. The molecule has 174 valence electrons. The molecule has 33 heavy (non-hydrogen) atoms. The molecular formula is C24H23ClF2N2O3S. The van der Waals surface area contributed by atoms with E-state index >= 15 is 0 Å². The molecule has 1 N–H and O–H groups in total. The maximum absolute atomic E-state index is 14.0. The summed E-state index contributed by atoms with van der Waals surface area (Å²) in [5.74, 6) is -2.51. The van der Waals surface area contributed by atoms with E-state index in [0.717, 1.165) is 22.0 Å². The first-order chi connectivity index (χ1) is 15.5. The van der Waals surface area contributed by atoms with Gasteiger partial charge in [-0.1, -0.05) is 41.4 Å². The van der Waals surface area contributed by atoms with Gasteiger partial charge in [0.15, 0.2) is 0 Å². The van der Waals surface area contributed by atoms with E-state index in [0.29, 0.717) is 27.8 Å². The molecule has 0 aliphatic carbocycles. The van der Waals surface area contributed by atoms with Crippen LogP contribution in [-0.4, -0.2) is 25.2 Å². The zero-order valence-corrected chi connectivity index (χ0v) is 19.9. The average molecular weight is 493 g/mol. The van der Waals surface area contributed by atoms with Crippen molar-refractivity contribution >= 4 is 33.2 Å². The predicted molar refractivity (Wildman–Crippen MR) is 125 cm³/mol. The molecule has 0 aliphatic rings. The SMILES string of the molecule is Cc1cc(C)c(S(=O)(=O)N(CC(=O)Nc2ccc(F)cc2F)Cc2ccc(Cl)cc2)c(C)c1. The summed E-state index contributed by atoms with van der Waals surface area (Å²) in [5.41, 5.74) is 2.40. The topological polar surface area (TPSA) is 66.5 Å². The van der Waals surface area contributed by atoms with Crippen molar-refractivity contribution in [1.29, 1.82) is 0 Å². The van der Waals surface area contributed by atoms with E-state index in [1.807, 2.05) is 6.92 Å². The number of halogens is 3. The van der Waals surface area contributed by atoms with E-state index in [-0.39, 0.29) is 17.1 Å². The first kappa shape index (κ1) is 24.8. The summed E-state index contributed by atoms with van der Waals surface area (Å²) in [4.78, 5) is 12.8. The summed E-state index contributed by atoms with van der Waals surface area (Å²) < 4.78 is 55.5. The lowest BCUT2D eigenvalue weighted by atomic mass is 10.1. The molecule has 3 aromatic rings. The van der Waals surface area contributed by atoms with Gasteiger partial charge in [-0.2, -0.15) is 4.31 Å². The van der Waals surface area contributed by atoms with E-state index < -0.39 is 34.1 Å². The van der Waals surface area contributed by atoms with Gasteiger partial charge < -0.3 is 5.32 Å². The van der Waals surface area contributed by atoms with Gasteiger partial charge in [0, 0.05) is 17.6 Å². The van der Waals surface area contributed by atoms with Crippen LogP contribution in [0.4, 0.5) is 14.5 Å². The lowest BCUT2D eigenvalue weighted by Gasteiger charge is -2.24. The minimum atomic E-state index is -4.11. The second-order valence-electron chi connectivity index (χ2n) is 7.80. The van der Waals surface area contributed by atoms with Gasteiger partial charge in [-0.15, -0.1) is 0 Å². The quantitative estimate of drug-likeness (QED) is 0.482. The number of benzene rings is 3. The Hall–Kier alpha value is -2.81. The summed E-state index contributed by atoms with van der Waals surface area (Å²) in [6.07, 6.45) is 0. The van der Waals surface area contributed by atoms with Gasteiger partial charge in [0.05, 0.1) is 17.1 Å². The van der Waals surface area contributed by atoms with Crippen molar-refractivity contribution in [3.8, 4) is 0 Å². The number of aryl methyl sites for hydroxylation is 3. The van der Waals surface area contributed by atoms with Crippen LogP contribution in [0.15, 0.2) is 59.5 Å². The highest BCUT2D eigenvalue weighted by Crippen LogP contribution is 2.27. The van der Waals surface area contributed by atoms with Gasteiger partial charge in [-0.05, 0) is 61.7 Å². The van der Waals surface area contributed by atoms with Crippen molar-refractivity contribution in [2.75, 3.05) is 11.9 Å². The summed E-state index contributed by atoms with van der Waals surface area (Å²) >= 11 is 5.93. The van der Waals surface area contributed by atoms with E-state index in [9.17, 15) is 22.0 Å². The fraction of sp³-hybridized carbons (Fsp3) is 0.208. The molecule has 5 nitrogen and oxygen atoms in total. The second kappa shape index (κ2) is 9.99. The standard InChI is InChI=1S/C24H23ClF2N2O3S/c1-15-10-16(2)24(17(3)11-15)33(31,32)29(13-18-4-6-19(25)7-5-18)14-23(30)28-22-9-8-20(26)12-21(22)27/h4-12H,13-14H2,1-3H3,(H,28,30). The van der Waals surface area contributed by atoms with Gasteiger partial charge in [0.25, 0.3) is 0 Å². The molecule has 0 spiro atoms. The molecule has 3 aromatic carbocycles. The molecule has 1 amide bonds. The van der Waals surface area contributed by atoms with Crippen molar-refractivity contribution in [2.45, 2.75) is 32.2 Å². The molecule has 0 radical (unpaired) electrons. The second-order valence-corrected chi connectivity index (χ2v) is 10.1. The smallest absolute Gasteiger partial charge is 0.244 e. The van der Waals surface area contributed by atoms with Crippen LogP contribution in [0.2, 0.25) is 5.02 Å². The Kier molecular flexibility index (Phi) is 7.51. The van der Waals surface area contributed by atoms with Crippen LogP contribution in [0.5, 0.6) is 0 Å². The summed E-state index contributed by atoms with van der Waals surface area (Å²) in [6, 6.07) is 12.8. The third-order valence-corrected chi connectivity index (χ3v) is 7.35. The van der Waals surface area contributed by atoms with Crippen LogP contribution in [-0.2, 0) is 21.4 Å². The molecule has 0 bridgehead atoms. The number of sulfonamides is 1. The Morgan fingerprint density at radius 1 is 0.970 bits per heavy atom. The molecule has 9 heteroatoms. The Morgan fingerprint density at radius 2 is 1.58 bits per heavy atom. The molecular weight excluding hydrogens is 470 g/mol. The largest absolute Gasteiger partial charge is 0.322 e. The molecule has 0 fully saturated rings. The molecule has 0 saturated heterocycles. The highest BCUT2D eigenvalue weighted by Gasteiger charge is 2.30. The number of amides is 1. The van der Waals surface area contributed by atoms with Crippen LogP contribution < -0.4 is 5.32 Å². The molecule has 0 aromatic heterocycles. The number of anilines is 1. The monoisotopic (exact) mass is 492 g/mol. The maximum atomic E-state index is 14.0. The fourth-order valence-electron chi connectivity index (χ4n) is 3.66. The number of carbonyl (C=O) groups excluding carboxylic acids is 1. The van der Waals surface area contributed by atoms with Crippen LogP contribution in [0.3, 0.4) is 0 Å². The third kappa shape index (κ3) is 5.96. The first-order valence-corrected chi connectivity index (χ1v) is 11.9. The lowest BCUT2D eigenvalue weighted by molar-refractivity contribution is -0.116. The molecule has 0 heterocycles. The van der Waals surface area contributed by atoms with E-state index in [4.69, 9.17) is 11.6 Å². The van der Waals surface area contributed by atoms with Crippen molar-refractivity contribution in [1.82, 2.24) is 4.31 Å². The van der Waals surface area contributed by atoms with Gasteiger partial charge in [-0.25, -0.2) is 17.2 Å². The van der Waals surface area contributed by atoms with Crippen LogP contribution in [0.1, 0.15) is 22.3 Å². The molecule has 0 saturated carbocycles. The number of hydrogen-bond acceptors (Lipinski definition) is 3. The molecule has 3 rings (SSSR count). The predicted octanol–water partition coefficient (Wildman–Crippen LogP) is 5.37.